The second-order valence-electron chi connectivity index (χ2n) is 5.25. The lowest BCUT2D eigenvalue weighted by Crippen LogP contribution is -2.49. The molecule has 2 rings (SSSR count). The lowest BCUT2D eigenvalue weighted by atomic mass is 10.2. The van der Waals surface area contributed by atoms with E-state index in [1.165, 1.54) is 4.90 Å². The summed E-state index contributed by atoms with van der Waals surface area (Å²) < 4.78 is 36.0. The van der Waals surface area contributed by atoms with Gasteiger partial charge in [0.05, 0.1) is 13.1 Å². The lowest BCUT2D eigenvalue weighted by molar-refractivity contribution is -0.140. The summed E-state index contributed by atoms with van der Waals surface area (Å²) in [6, 6.07) is -0.320. The molecule has 5 nitrogen and oxygen atoms in total. The highest BCUT2D eigenvalue weighted by Crippen LogP contribution is 2.22. The van der Waals surface area contributed by atoms with Gasteiger partial charge in [0.1, 0.15) is 6.04 Å². The average molecular weight is 293 g/mol. The van der Waals surface area contributed by atoms with Gasteiger partial charge in [-0.15, -0.1) is 0 Å². The number of amides is 2. The molecular weight excluding hydrogens is 275 g/mol. The van der Waals surface area contributed by atoms with Gasteiger partial charge in [-0.05, 0) is 25.7 Å². The summed E-state index contributed by atoms with van der Waals surface area (Å²) >= 11 is 0. The zero-order chi connectivity index (χ0) is 14.8. The quantitative estimate of drug-likeness (QED) is 0.772. The summed E-state index contributed by atoms with van der Waals surface area (Å²) in [5, 5.41) is 4.89. The SMILES string of the molecule is O=C(NC1CC1)C1CCCN1C(=O)CNCC(F)(F)F. The Bertz CT molecular complexity index is 383. The number of hydrogen-bond acceptors (Lipinski definition) is 3. The molecule has 0 radical (unpaired) electrons. The largest absolute Gasteiger partial charge is 0.401 e. The van der Waals surface area contributed by atoms with Gasteiger partial charge in [-0.3, -0.25) is 9.59 Å². The molecule has 2 N–H and O–H groups in total. The Morgan fingerprint density at radius 1 is 1.20 bits per heavy atom. The van der Waals surface area contributed by atoms with Crippen molar-refractivity contribution in [3.8, 4) is 0 Å². The molecule has 1 aliphatic heterocycles. The van der Waals surface area contributed by atoms with Crippen molar-refractivity contribution in [1.29, 1.82) is 0 Å². The van der Waals surface area contributed by atoms with Crippen LogP contribution in [-0.2, 0) is 9.59 Å². The van der Waals surface area contributed by atoms with Crippen LogP contribution in [0.1, 0.15) is 25.7 Å². The summed E-state index contributed by atoms with van der Waals surface area (Å²) in [6.45, 7) is -1.17. The van der Waals surface area contributed by atoms with E-state index < -0.39 is 31.2 Å². The number of carbonyl (C=O) groups excluding carboxylic acids is 2. The highest BCUT2D eigenvalue weighted by molar-refractivity contribution is 5.89. The molecule has 1 unspecified atom stereocenters. The second-order valence-corrected chi connectivity index (χ2v) is 5.25. The van der Waals surface area contributed by atoms with Crippen molar-refractivity contribution in [2.75, 3.05) is 19.6 Å². The van der Waals surface area contributed by atoms with E-state index in [0.717, 1.165) is 12.8 Å². The Kier molecular flexibility index (Phi) is 4.52. The molecule has 2 aliphatic rings. The molecule has 20 heavy (non-hydrogen) atoms. The van der Waals surface area contributed by atoms with Crippen LogP contribution in [0.3, 0.4) is 0 Å². The smallest absolute Gasteiger partial charge is 0.352 e. The monoisotopic (exact) mass is 293 g/mol. The van der Waals surface area contributed by atoms with Gasteiger partial charge in [0.15, 0.2) is 0 Å². The third-order valence-corrected chi connectivity index (χ3v) is 3.40. The van der Waals surface area contributed by atoms with Crippen molar-refractivity contribution in [1.82, 2.24) is 15.5 Å². The summed E-state index contributed by atoms with van der Waals surface area (Å²) in [5.41, 5.74) is 0. The number of rotatable bonds is 5. The fourth-order valence-corrected chi connectivity index (χ4v) is 2.28. The number of alkyl halides is 3. The molecular formula is C12H18F3N3O2. The fraction of sp³-hybridized carbons (Fsp3) is 0.833. The minimum absolute atomic E-state index is 0.186. The number of halogens is 3. The minimum Gasteiger partial charge on any atom is -0.352 e. The van der Waals surface area contributed by atoms with E-state index in [9.17, 15) is 22.8 Å². The van der Waals surface area contributed by atoms with E-state index in [-0.39, 0.29) is 11.9 Å². The van der Waals surface area contributed by atoms with Crippen LogP contribution in [0.4, 0.5) is 13.2 Å². The second kappa shape index (κ2) is 5.99. The molecule has 2 amide bonds. The van der Waals surface area contributed by atoms with E-state index >= 15 is 0 Å². The molecule has 0 bridgehead atoms. The fourth-order valence-electron chi connectivity index (χ4n) is 2.28. The number of carbonyl (C=O) groups is 2. The number of nitrogens with zero attached hydrogens (tertiary/aromatic N) is 1. The van der Waals surface area contributed by atoms with E-state index in [0.29, 0.717) is 19.4 Å². The third-order valence-electron chi connectivity index (χ3n) is 3.40. The topological polar surface area (TPSA) is 61.4 Å². The van der Waals surface area contributed by atoms with Crippen LogP contribution in [-0.4, -0.2) is 54.6 Å². The number of hydrogen-bond donors (Lipinski definition) is 2. The Hall–Kier alpha value is -1.31. The van der Waals surface area contributed by atoms with E-state index in [2.05, 4.69) is 10.6 Å². The van der Waals surface area contributed by atoms with Crippen LogP contribution in [0, 0.1) is 0 Å². The zero-order valence-corrected chi connectivity index (χ0v) is 11.0. The van der Waals surface area contributed by atoms with Crippen LogP contribution in [0.25, 0.3) is 0 Å². The normalized spacial score (nSPS) is 22.9. The van der Waals surface area contributed by atoms with Crippen molar-refractivity contribution in [2.45, 2.75) is 43.9 Å². The summed E-state index contributed by atoms with van der Waals surface area (Å²) in [5.74, 6) is -0.642. The highest BCUT2D eigenvalue weighted by Gasteiger charge is 2.36. The molecule has 0 aromatic heterocycles. The Labute approximate surface area is 114 Å². The predicted molar refractivity (Wildman–Crippen MR) is 64.8 cm³/mol. The van der Waals surface area contributed by atoms with Gasteiger partial charge in [-0.2, -0.15) is 13.2 Å². The van der Waals surface area contributed by atoms with Gasteiger partial charge < -0.3 is 15.5 Å². The van der Waals surface area contributed by atoms with E-state index in [4.69, 9.17) is 0 Å². The van der Waals surface area contributed by atoms with E-state index in [1.807, 2.05) is 0 Å². The lowest BCUT2D eigenvalue weighted by Gasteiger charge is -2.24. The standard InChI is InChI=1S/C12H18F3N3O2/c13-12(14,15)7-16-6-10(19)18-5-1-2-9(18)11(20)17-8-3-4-8/h8-9,16H,1-7H2,(H,17,20). The Morgan fingerprint density at radius 3 is 2.50 bits per heavy atom. The Morgan fingerprint density at radius 2 is 1.90 bits per heavy atom. The maximum absolute atomic E-state index is 12.0. The third kappa shape index (κ3) is 4.36. The highest BCUT2D eigenvalue weighted by atomic mass is 19.4. The van der Waals surface area contributed by atoms with Gasteiger partial charge in [-0.1, -0.05) is 0 Å². The maximum atomic E-state index is 12.0. The van der Waals surface area contributed by atoms with Crippen LogP contribution in [0.5, 0.6) is 0 Å². The molecule has 2 fully saturated rings. The van der Waals surface area contributed by atoms with Crippen LogP contribution >= 0.6 is 0 Å². The number of nitrogens with one attached hydrogen (secondary N) is 2. The van der Waals surface area contributed by atoms with Crippen LogP contribution in [0.2, 0.25) is 0 Å². The van der Waals surface area contributed by atoms with Gasteiger partial charge in [-0.25, -0.2) is 0 Å². The molecule has 1 saturated carbocycles. The molecule has 0 aromatic rings. The van der Waals surface area contributed by atoms with Crippen molar-refractivity contribution in [3.05, 3.63) is 0 Å². The molecule has 8 heteroatoms. The van der Waals surface area contributed by atoms with Crippen LogP contribution < -0.4 is 10.6 Å². The first-order valence-corrected chi connectivity index (χ1v) is 6.74. The van der Waals surface area contributed by atoms with Gasteiger partial charge in [0.2, 0.25) is 11.8 Å². The molecule has 0 spiro atoms. The number of likely N-dealkylation sites (tertiary alicyclic amines) is 1. The van der Waals surface area contributed by atoms with Crippen LogP contribution in [0.15, 0.2) is 0 Å². The summed E-state index contributed by atoms with van der Waals surface area (Å²) in [7, 11) is 0. The van der Waals surface area contributed by atoms with Crippen molar-refractivity contribution >= 4 is 11.8 Å². The van der Waals surface area contributed by atoms with Crippen molar-refractivity contribution in [2.24, 2.45) is 0 Å². The maximum Gasteiger partial charge on any atom is 0.401 e. The first-order valence-electron chi connectivity index (χ1n) is 6.74. The molecule has 1 aliphatic carbocycles. The summed E-state index contributed by atoms with van der Waals surface area (Å²) in [6.07, 6.45) is -1.15. The molecule has 114 valence electrons. The predicted octanol–water partition coefficient (Wildman–Crippen LogP) is 0.408. The average Bonchev–Trinajstić information content (AvgIpc) is 3.01. The van der Waals surface area contributed by atoms with Gasteiger partial charge in [0, 0.05) is 12.6 Å². The minimum atomic E-state index is -4.34. The van der Waals surface area contributed by atoms with Gasteiger partial charge in [0.25, 0.3) is 0 Å². The molecule has 1 atom stereocenters. The van der Waals surface area contributed by atoms with E-state index in [1.54, 1.807) is 0 Å². The summed E-state index contributed by atoms with van der Waals surface area (Å²) in [4.78, 5) is 25.2. The first kappa shape index (κ1) is 15.1. The molecule has 1 saturated heterocycles. The molecule has 0 aromatic carbocycles. The molecule has 1 heterocycles. The first-order chi connectivity index (χ1) is 9.37. The Balaban J connectivity index is 1.79. The van der Waals surface area contributed by atoms with Crippen molar-refractivity contribution in [3.63, 3.8) is 0 Å². The zero-order valence-electron chi connectivity index (χ0n) is 11.0. The van der Waals surface area contributed by atoms with Crippen molar-refractivity contribution < 1.29 is 22.8 Å². The van der Waals surface area contributed by atoms with Gasteiger partial charge >= 0.3 is 6.18 Å².